The number of nitrogens with one attached hydrogen (secondary N) is 1. The Labute approximate surface area is 449 Å². The highest BCUT2D eigenvalue weighted by Gasteiger charge is 2.30. The van der Waals surface area contributed by atoms with Gasteiger partial charge in [-0.3, -0.25) is 18.6 Å². The Hall–Kier alpha value is -3.07. The Bertz CT molecular complexity index is 1570. The Balaban J connectivity index is 5.46. The molecule has 0 aliphatic heterocycles. The minimum Gasteiger partial charge on any atom is -0.456 e. The number of esters is 1. The maximum absolute atomic E-state index is 13.5. The third-order valence-corrected chi connectivity index (χ3v) is 13.5. The zero-order valence-corrected chi connectivity index (χ0v) is 48.7. The molecule has 0 aromatic rings. The molecule has 0 aromatic heterocycles. The molecule has 0 heterocycles. The third-order valence-electron chi connectivity index (χ3n) is 12.5. The molecular weight excluding hydrogens is 928 g/mol. The Kier molecular flexibility index (Phi) is 50.2. The lowest BCUT2D eigenvalue weighted by atomic mass is 10.0. The predicted molar refractivity (Wildman–Crippen MR) is 314 cm³/mol. The maximum atomic E-state index is 13.5. The summed E-state index contributed by atoms with van der Waals surface area (Å²) < 4.78 is 30.6. The Morgan fingerprint density at radius 1 is 0.493 bits per heavy atom. The first-order valence-corrected chi connectivity index (χ1v) is 31.1. The third kappa shape index (κ3) is 53.6. The number of carbonyl (C=O) groups is 2. The zero-order valence-electron chi connectivity index (χ0n) is 47.8. The average molecular weight is 1040 g/mol. The van der Waals surface area contributed by atoms with E-state index < -0.39 is 20.0 Å². The van der Waals surface area contributed by atoms with Gasteiger partial charge in [0.25, 0.3) is 0 Å². The van der Waals surface area contributed by atoms with Crippen molar-refractivity contribution in [1.29, 1.82) is 0 Å². The topological polar surface area (TPSA) is 111 Å². The number of phosphoric acid groups is 1. The second kappa shape index (κ2) is 52.4. The summed E-state index contributed by atoms with van der Waals surface area (Å²) >= 11 is 0. The van der Waals surface area contributed by atoms with E-state index in [1.807, 2.05) is 33.3 Å². The summed E-state index contributed by atoms with van der Waals surface area (Å²) in [5.74, 6) is -0.586. The summed E-state index contributed by atoms with van der Waals surface area (Å²) in [6.07, 6.45) is 69.8. The van der Waals surface area contributed by atoms with E-state index in [2.05, 4.69) is 111 Å². The number of hydrogen-bond donors (Lipinski definition) is 2. The van der Waals surface area contributed by atoms with Crippen LogP contribution in [-0.2, 0) is 27.9 Å². The van der Waals surface area contributed by atoms with Crippen LogP contribution in [0.5, 0.6) is 0 Å². The molecule has 0 aliphatic rings. The van der Waals surface area contributed by atoms with Crippen LogP contribution in [0.15, 0.2) is 97.2 Å². The molecule has 73 heavy (non-hydrogen) atoms. The van der Waals surface area contributed by atoms with Crippen molar-refractivity contribution in [2.45, 2.75) is 251 Å². The summed E-state index contributed by atoms with van der Waals surface area (Å²) in [6, 6.07) is -0.880. The fourth-order valence-corrected chi connectivity index (χ4v) is 8.68. The van der Waals surface area contributed by atoms with Gasteiger partial charge >= 0.3 is 13.8 Å². The first-order valence-electron chi connectivity index (χ1n) is 29.6. The molecule has 0 aromatic carbocycles. The number of rotatable bonds is 52. The van der Waals surface area contributed by atoms with Crippen LogP contribution in [0, 0.1) is 0 Å². The maximum Gasteiger partial charge on any atom is 0.472 e. The number of ether oxygens (including phenoxy) is 1. The highest BCUT2D eigenvalue weighted by Crippen LogP contribution is 2.43. The van der Waals surface area contributed by atoms with E-state index in [1.54, 1.807) is 0 Å². The van der Waals surface area contributed by atoms with E-state index in [-0.39, 0.29) is 31.5 Å². The second-order valence-corrected chi connectivity index (χ2v) is 22.2. The lowest BCUT2D eigenvalue weighted by Crippen LogP contribution is -2.47. The zero-order chi connectivity index (χ0) is 53.6. The van der Waals surface area contributed by atoms with Gasteiger partial charge in [0.2, 0.25) is 5.91 Å². The van der Waals surface area contributed by atoms with Gasteiger partial charge in [0.15, 0.2) is 0 Å². The first kappa shape index (κ1) is 69.9. The smallest absolute Gasteiger partial charge is 0.456 e. The molecule has 0 rings (SSSR count). The van der Waals surface area contributed by atoms with Crippen molar-refractivity contribution in [3.63, 3.8) is 0 Å². The molecule has 0 bridgehead atoms. The molecule has 0 aliphatic carbocycles. The van der Waals surface area contributed by atoms with Crippen LogP contribution < -0.4 is 5.32 Å². The normalized spacial score (nSPS) is 14.5. The van der Waals surface area contributed by atoms with E-state index in [4.69, 9.17) is 13.8 Å². The number of allylic oxidation sites excluding steroid dienone is 15. The number of carbonyl (C=O) groups excluding carboxylic acids is 2. The molecule has 0 spiro atoms. The van der Waals surface area contributed by atoms with E-state index in [0.717, 1.165) is 96.3 Å². The van der Waals surface area contributed by atoms with Gasteiger partial charge in [-0.15, -0.1) is 0 Å². The fourth-order valence-electron chi connectivity index (χ4n) is 7.95. The lowest BCUT2D eigenvalue weighted by molar-refractivity contribution is -0.870. The van der Waals surface area contributed by atoms with Gasteiger partial charge in [0, 0.05) is 12.8 Å². The van der Waals surface area contributed by atoms with Crippen molar-refractivity contribution >= 4 is 19.7 Å². The second-order valence-electron chi connectivity index (χ2n) is 20.8. The number of amides is 1. The van der Waals surface area contributed by atoms with Crippen LogP contribution in [0.1, 0.15) is 239 Å². The van der Waals surface area contributed by atoms with Gasteiger partial charge in [-0.05, 0) is 102 Å². The van der Waals surface area contributed by atoms with Gasteiger partial charge in [0.05, 0.1) is 33.8 Å². The number of likely N-dealkylation sites (N-methyl/N-ethyl adjacent to an activating group) is 1. The summed E-state index contributed by atoms with van der Waals surface area (Å²) in [5, 5.41) is 3.03. The summed E-state index contributed by atoms with van der Waals surface area (Å²) in [4.78, 5) is 37.6. The van der Waals surface area contributed by atoms with Gasteiger partial charge < -0.3 is 19.4 Å². The van der Waals surface area contributed by atoms with Crippen molar-refractivity contribution in [3.05, 3.63) is 97.2 Å². The SMILES string of the molecule is CC/C=C\C/C=C\C/C=C\C/C=C\C/C=C\CCCC(=O)OC(/C=C/CCCCCCCCCCCCC)C(COP(=O)(O)OCC[N+](C)(C)C)NC(=O)CCCCCCCCC/C=C\C/C=C\CCCCC. The lowest BCUT2D eigenvalue weighted by Gasteiger charge is -2.27. The highest BCUT2D eigenvalue weighted by molar-refractivity contribution is 7.47. The number of unbranched alkanes of at least 4 members (excludes halogenated alkanes) is 22. The predicted octanol–water partition coefficient (Wildman–Crippen LogP) is 18.0. The molecule has 0 saturated carbocycles. The van der Waals surface area contributed by atoms with Crippen LogP contribution >= 0.6 is 7.82 Å². The molecule has 420 valence electrons. The molecule has 1 amide bonds. The quantitative estimate of drug-likeness (QED) is 0.0205. The van der Waals surface area contributed by atoms with Crippen LogP contribution in [-0.4, -0.2) is 74.3 Å². The molecule has 3 atom stereocenters. The van der Waals surface area contributed by atoms with Gasteiger partial charge in [-0.25, -0.2) is 4.57 Å². The van der Waals surface area contributed by atoms with E-state index in [0.29, 0.717) is 23.9 Å². The molecular formula is C63H112N2O7P+. The van der Waals surface area contributed by atoms with Crippen molar-refractivity contribution in [1.82, 2.24) is 5.32 Å². The summed E-state index contributed by atoms with van der Waals surface area (Å²) in [6.45, 7) is 6.82. The average Bonchev–Trinajstić information content (AvgIpc) is 3.35. The molecule has 2 N–H and O–H groups in total. The van der Waals surface area contributed by atoms with E-state index in [1.165, 1.54) is 103 Å². The van der Waals surface area contributed by atoms with E-state index in [9.17, 15) is 19.0 Å². The number of nitrogens with zero attached hydrogens (tertiary/aromatic N) is 1. The minimum absolute atomic E-state index is 0.0254. The van der Waals surface area contributed by atoms with Crippen LogP contribution in [0.25, 0.3) is 0 Å². The van der Waals surface area contributed by atoms with Crippen LogP contribution in [0.2, 0.25) is 0 Å². The summed E-state index contributed by atoms with van der Waals surface area (Å²) in [5.41, 5.74) is 0. The van der Waals surface area contributed by atoms with Gasteiger partial charge in [0.1, 0.15) is 19.3 Å². The van der Waals surface area contributed by atoms with E-state index >= 15 is 0 Å². The van der Waals surface area contributed by atoms with Crippen molar-refractivity contribution in [3.8, 4) is 0 Å². The first-order chi connectivity index (χ1) is 35.4. The van der Waals surface area contributed by atoms with Gasteiger partial charge in [-0.1, -0.05) is 221 Å². The highest BCUT2D eigenvalue weighted by atomic mass is 31.2. The standard InChI is InChI=1S/C63H111N2O7P/c1-7-10-13-16-19-22-25-28-30-32-34-37-40-43-46-49-52-55-62(66)64-60(59-71-73(68,69)70-58-57-65(4,5)6)61(54-51-48-45-42-39-36-27-24-21-18-15-12-9-3)72-63(67)56-53-50-47-44-41-38-35-33-31-29-26-23-20-17-14-11-8-2/h11,14,19-20,22-23,28-31,35,38,44,47,51,54,60-61H,7-10,12-13,15-18,21,24-27,32-34,36-37,39-43,45-46,48-50,52-53,55-59H2,1-6H3,(H-,64,66,68,69)/p+1/b14-11-,22-19-,23-20-,30-28-,31-29-,38-35-,47-44-,54-51+. The number of quaternary nitrogens is 1. The van der Waals surface area contributed by atoms with Crippen molar-refractivity contribution in [2.75, 3.05) is 40.9 Å². The van der Waals surface area contributed by atoms with Crippen LogP contribution in [0.4, 0.5) is 0 Å². The molecule has 0 saturated heterocycles. The Morgan fingerprint density at radius 3 is 1.37 bits per heavy atom. The molecule has 0 fully saturated rings. The van der Waals surface area contributed by atoms with Crippen LogP contribution in [0.3, 0.4) is 0 Å². The Morgan fingerprint density at radius 2 is 0.890 bits per heavy atom. The van der Waals surface area contributed by atoms with Gasteiger partial charge in [-0.2, -0.15) is 0 Å². The molecule has 3 unspecified atom stereocenters. The largest absolute Gasteiger partial charge is 0.472 e. The van der Waals surface area contributed by atoms with Crippen molar-refractivity contribution < 1.29 is 37.3 Å². The molecule has 10 heteroatoms. The number of phosphoric ester groups is 1. The fraction of sp³-hybridized carbons (Fsp3) is 0.714. The number of hydrogen-bond acceptors (Lipinski definition) is 6. The minimum atomic E-state index is -4.47. The molecule has 9 nitrogen and oxygen atoms in total. The monoisotopic (exact) mass is 1040 g/mol. The molecule has 0 radical (unpaired) electrons. The summed E-state index contributed by atoms with van der Waals surface area (Å²) in [7, 11) is 1.45. The van der Waals surface area contributed by atoms with Crippen molar-refractivity contribution in [2.24, 2.45) is 0 Å².